The van der Waals surface area contributed by atoms with Crippen LogP contribution in [-0.4, -0.2) is 52.5 Å². The molecule has 148 valence electrons. The van der Waals surface area contributed by atoms with E-state index >= 15 is 0 Å². The minimum Gasteiger partial charge on any atom is -0.330 e. The molecule has 2 N–H and O–H groups in total. The summed E-state index contributed by atoms with van der Waals surface area (Å²) in [7, 11) is 0. The highest BCUT2D eigenvalue weighted by Gasteiger charge is 2.37. The number of halogens is 1. The van der Waals surface area contributed by atoms with Gasteiger partial charge in [0.15, 0.2) is 0 Å². The zero-order valence-corrected chi connectivity index (χ0v) is 15.4. The van der Waals surface area contributed by atoms with E-state index in [1.54, 1.807) is 0 Å². The van der Waals surface area contributed by atoms with Gasteiger partial charge >= 0.3 is 0 Å². The number of nitrogens with one attached hydrogen (secondary N) is 1. The smallest absolute Gasteiger partial charge is 0.247 e. The fraction of sp³-hybridized carbons (Fsp3) is 0.526. The van der Waals surface area contributed by atoms with E-state index in [4.69, 9.17) is 0 Å². The average Bonchev–Trinajstić information content (AvgIpc) is 3.16. The van der Waals surface area contributed by atoms with Crippen molar-refractivity contribution in [2.75, 3.05) is 18.4 Å². The zero-order chi connectivity index (χ0) is 19.8. The van der Waals surface area contributed by atoms with Gasteiger partial charge in [-0.3, -0.25) is 19.6 Å². The van der Waals surface area contributed by atoms with Gasteiger partial charge in [0.2, 0.25) is 18.2 Å². The maximum Gasteiger partial charge on any atom is 0.247 e. The molecule has 8 heteroatoms. The van der Waals surface area contributed by atoms with Crippen molar-refractivity contribution in [2.24, 2.45) is 5.92 Å². The van der Waals surface area contributed by atoms with E-state index in [0.29, 0.717) is 36.6 Å². The number of hydrogen-bond acceptors (Lipinski definition) is 4. The van der Waals surface area contributed by atoms with Gasteiger partial charge in [0.1, 0.15) is 11.9 Å². The van der Waals surface area contributed by atoms with E-state index in [1.165, 1.54) is 29.2 Å². The van der Waals surface area contributed by atoms with Crippen molar-refractivity contribution in [1.82, 2.24) is 9.96 Å². The molecule has 27 heavy (non-hydrogen) atoms. The van der Waals surface area contributed by atoms with E-state index in [0.717, 1.165) is 12.8 Å². The Labute approximate surface area is 158 Å². The molecule has 1 heterocycles. The summed E-state index contributed by atoms with van der Waals surface area (Å²) < 4.78 is 13.0. The lowest BCUT2D eigenvalue weighted by atomic mass is 9.99. The Morgan fingerprint density at radius 2 is 2.11 bits per heavy atom. The molecule has 1 fully saturated rings. The Morgan fingerprint density at radius 1 is 1.41 bits per heavy atom. The summed E-state index contributed by atoms with van der Waals surface area (Å²) in [5.41, 5.74) is 0.464. The monoisotopic (exact) mass is 379 g/mol. The van der Waals surface area contributed by atoms with Crippen LogP contribution in [-0.2, 0) is 14.4 Å². The lowest BCUT2D eigenvalue weighted by molar-refractivity contribution is -0.157. The maximum atomic E-state index is 13.0. The minimum atomic E-state index is -0.616. The number of benzene rings is 1. The molecular formula is C19H26FN3O4. The Bertz CT molecular complexity index is 653. The molecule has 0 radical (unpaired) electrons. The van der Waals surface area contributed by atoms with Crippen molar-refractivity contribution in [3.05, 3.63) is 30.1 Å². The fourth-order valence-corrected chi connectivity index (χ4v) is 3.31. The molecule has 1 aromatic rings. The van der Waals surface area contributed by atoms with Gasteiger partial charge in [-0.05, 0) is 43.5 Å². The molecule has 0 bridgehead atoms. The molecule has 1 aromatic carbocycles. The van der Waals surface area contributed by atoms with Crippen molar-refractivity contribution >= 4 is 23.9 Å². The number of amides is 3. The molecule has 1 aliphatic heterocycles. The lowest BCUT2D eigenvalue weighted by Gasteiger charge is -2.29. The van der Waals surface area contributed by atoms with Crippen LogP contribution < -0.4 is 5.32 Å². The first kappa shape index (κ1) is 20.8. The number of rotatable bonds is 9. The summed E-state index contributed by atoms with van der Waals surface area (Å²) in [6.45, 7) is 2.35. The van der Waals surface area contributed by atoms with Crippen LogP contribution in [0.15, 0.2) is 24.3 Å². The van der Waals surface area contributed by atoms with Gasteiger partial charge in [-0.2, -0.15) is 0 Å². The molecule has 2 rings (SSSR count). The number of hydroxylamine groups is 2. The minimum absolute atomic E-state index is 0.0921. The molecule has 1 aliphatic rings. The Morgan fingerprint density at radius 3 is 2.74 bits per heavy atom. The number of nitrogens with zero attached hydrogens (tertiary/aromatic N) is 2. The van der Waals surface area contributed by atoms with Crippen LogP contribution in [0.3, 0.4) is 0 Å². The number of likely N-dealkylation sites (tertiary alicyclic amines) is 1. The molecule has 0 aromatic heterocycles. The second-order valence-electron chi connectivity index (χ2n) is 6.75. The molecule has 0 saturated carbocycles. The molecule has 0 spiro atoms. The van der Waals surface area contributed by atoms with Crippen LogP contribution in [0.1, 0.15) is 39.0 Å². The van der Waals surface area contributed by atoms with Crippen molar-refractivity contribution in [3.63, 3.8) is 0 Å². The van der Waals surface area contributed by atoms with Crippen LogP contribution in [0.5, 0.6) is 0 Å². The molecule has 7 nitrogen and oxygen atoms in total. The SMILES string of the molecule is CCCC[C@H](CN(O)C=O)C(=O)N1CCC[C@H]1C(=O)Nc1ccc(F)cc1. The second kappa shape index (κ2) is 10.0. The summed E-state index contributed by atoms with van der Waals surface area (Å²) in [6, 6.07) is 4.82. The third-order valence-corrected chi connectivity index (χ3v) is 4.73. The van der Waals surface area contributed by atoms with E-state index < -0.39 is 17.8 Å². The summed E-state index contributed by atoms with van der Waals surface area (Å²) in [6.07, 6.45) is 3.70. The predicted molar refractivity (Wildman–Crippen MR) is 97.3 cm³/mol. The first-order valence-electron chi connectivity index (χ1n) is 9.24. The normalized spacial score (nSPS) is 17.4. The van der Waals surface area contributed by atoms with Gasteiger partial charge in [0, 0.05) is 12.2 Å². The lowest BCUT2D eigenvalue weighted by Crippen LogP contribution is -2.47. The number of carbonyl (C=O) groups is 3. The van der Waals surface area contributed by atoms with Crippen LogP contribution in [0.25, 0.3) is 0 Å². The molecular weight excluding hydrogens is 353 g/mol. The van der Waals surface area contributed by atoms with E-state index in [9.17, 15) is 24.0 Å². The highest BCUT2D eigenvalue weighted by atomic mass is 19.1. The Balaban J connectivity index is 2.06. The maximum absolute atomic E-state index is 13.0. The van der Waals surface area contributed by atoms with Gasteiger partial charge in [-0.25, -0.2) is 9.45 Å². The quantitative estimate of drug-likeness (QED) is 0.392. The van der Waals surface area contributed by atoms with Crippen LogP contribution in [0, 0.1) is 11.7 Å². The second-order valence-corrected chi connectivity index (χ2v) is 6.75. The third kappa shape index (κ3) is 5.75. The van der Waals surface area contributed by atoms with Crippen LogP contribution >= 0.6 is 0 Å². The molecule has 2 atom stereocenters. The number of unbranched alkanes of at least 4 members (excludes halogenated alkanes) is 1. The Hall–Kier alpha value is -2.48. The van der Waals surface area contributed by atoms with Gasteiger partial charge in [0.05, 0.1) is 12.5 Å². The van der Waals surface area contributed by atoms with Gasteiger partial charge < -0.3 is 10.2 Å². The molecule has 0 unspecified atom stereocenters. The van der Waals surface area contributed by atoms with Crippen LogP contribution in [0.2, 0.25) is 0 Å². The van der Waals surface area contributed by atoms with Crippen molar-refractivity contribution in [1.29, 1.82) is 0 Å². The van der Waals surface area contributed by atoms with Gasteiger partial charge in [-0.15, -0.1) is 0 Å². The first-order valence-corrected chi connectivity index (χ1v) is 9.24. The fourth-order valence-electron chi connectivity index (χ4n) is 3.31. The van der Waals surface area contributed by atoms with Crippen molar-refractivity contribution in [2.45, 2.75) is 45.1 Å². The number of anilines is 1. The van der Waals surface area contributed by atoms with Crippen molar-refractivity contribution in [3.8, 4) is 0 Å². The summed E-state index contributed by atoms with van der Waals surface area (Å²) >= 11 is 0. The van der Waals surface area contributed by atoms with Crippen LogP contribution in [0.4, 0.5) is 10.1 Å². The Kier molecular flexibility index (Phi) is 7.72. The highest BCUT2D eigenvalue weighted by Crippen LogP contribution is 2.24. The topological polar surface area (TPSA) is 90.0 Å². The highest BCUT2D eigenvalue weighted by molar-refractivity contribution is 5.97. The van der Waals surface area contributed by atoms with Gasteiger partial charge in [-0.1, -0.05) is 19.8 Å². The summed E-state index contributed by atoms with van der Waals surface area (Å²) in [4.78, 5) is 37.8. The average molecular weight is 379 g/mol. The number of carbonyl (C=O) groups excluding carboxylic acids is 3. The summed E-state index contributed by atoms with van der Waals surface area (Å²) in [5, 5.41) is 12.7. The van der Waals surface area contributed by atoms with E-state index in [2.05, 4.69) is 5.32 Å². The zero-order valence-electron chi connectivity index (χ0n) is 15.4. The predicted octanol–water partition coefficient (Wildman–Crippen LogP) is 2.41. The van der Waals surface area contributed by atoms with Gasteiger partial charge in [0.25, 0.3) is 0 Å². The summed E-state index contributed by atoms with van der Waals surface area (Å²) in [5.74, 6) is -1.51. The van der Waals surface area contributed by atoms with E-state index in [1.807, 2.05) is 6.92 Å². The third-order valence-electron chi connectivity index (χ3n) is 4.73. The van der Waals surface area contributed by atoms with Crippen molar-refractivity contribution < 1.29 is 24.0 Å². The molecule has 3 amide bonds. The standard InChI is InChI=1S/C19H26FN3O4/c1-2-3-5-14(12-22(27)13-24)19(26)23-11-4-6-17(23)18(25)21-16-9-7-15(20)8-10-16/h7-10,13-14,17,27H,2-6,11-12H2,1H3,(H,21,25)/t14-,17+/m1/s1. The number of hydrogen-bond donors (Lipinski definition) is 2. The first-order chi connectivity index (χ1) is 13.0. The molecule has 1 saturated heterocycles. The largest absolute Gasteiger partial charge is 0.330 e. The van der Waals surface area contributed by atoms with E-state index in [-0.39, 0.29) is 24.8 Å². The molecule has 0 aliphatic carbocycles.